The highest BCUT2D eigenvalue weighted by molar-refractivity contribution is 5.78. The molecule has 0 unspecified atom stereocenters. The number of guanidine groups is 1. The summed E-state index contributed by atoms with van der Waals surface area (Å²) in [5.41, 5.74) is 6.85. The molecule has 0 saturated heterocycles. The van der Waals surface area contributed by atoms with Crippen LogP contribution in [0.25, 0.3) is 0 Å². The van der Waals surface area contributed by atoms with E-state index in [-0.39, 0.29) is 0 Å². The van der Waals surface area contributed by atoms with E-state index in [4.69, 9.17) is 10.3 Å². The van der Waals surface area contributed by atoms with Crippen LogP contribution in [-0.2, 0) is 6.54 Å². The summed E-state index contributed by atoms with van der Waals surface area (Å²) >= 11 is 0. The lowest BCUT2D eigenvalue weighted by atomic mass is 10.1. The van der Waals surface area contributed by atoms with Crippen molar-refractivity contribution in [3.63, 3.8) is 0 Å². The van der Waals surface area contributed by atoms with Gasteiger partial charge in [0.2, 0.25) is 0 Å². The third-order valence-corrected chi connectivity index (χ3v) is 3.02. The van der Waals surface area contributed by atoms with Gasteiger partial charge in [-0.15, -0.1) is 0 Å². The second-order valence-electron chi connectivity index (χ2n) is 4.89. The summed E-state index contributed by atoms with van der Waals surface area (Å²) in [5, 5.41) is 3.99. The first kappa shape index (κ1) is 12.0. The van der Waals surface area contributed by atoms with E-state index in [1.165, 1.54) is 12.8 Å². The summed E-state index contributed by atoms with van der Waals surface area (Å²) in [6.07, 6.45) is 2.43. The summed E-state index contributed by atoms with van der Waals surface area (Å²) in [6, 6.07) is 2.53. The topological polar surface area (TPSA) is 67.7 Å². The Bertz CT molecular complexity index is 406. The average molecular weight is 236 g/mol. The van der Waals surface area contributed by atoms with Crippen LogP contribution in [0.4, 0.5) is 0 Å². The van der Waals surface area contributed by atoms with E-state index in [0.29, 0.717) is 24.5 Å². The molecule has 0 spiro atoms. The molecule has 1 aliphatic rings. The minimum Gasteiger partial charge on any atom is -0.370 e. The van der Waals surface area contributed by atoms with Crippen molar-refractivity contribution in [2.75, 3.05) is 7.05 Å². The maximum absolute atomic E-state index is 5.89. The van der Waals surface area contributed by atoms with Crippen LogP contribution in [0.5, 0.6) is 0 Å². The molecule has 2 rings (SSSR count). The fraction of sp³-hybridized carbons (Fsp3) is 0.667. The largest absolute Gasteiger partial charge is 0.370 e. The number of nitrogens with zero attached hydrogens (tertiary/aromatic N) is 3. The van der Waals surface area contributed by atoms with Gasteiger partial charge < -0.3 is 15.2 Å². The van der Waals surface area contributed by atoms with Crippen LogP contribution in [0.3, 0.4) is 0 Å². The maximum Gasteiger partial charge on any atom is 0.191 e. The third kappa shape index (κ3) is 2.99. The minimum absolute atomic E-state index is 0.378. The predicted octanol–water partition coefficient (Wildman–Crippen LogP) is 1.71. The van der Waals surface area contributed by atoms with E-state index in [1.807, 2.05) is 18.0 Å². The summed E-state index contributed by atoms with van der Waals surface area (Å²) in [5.74, 6) is 1.72. The number of hydrogen-bond acceptors (Lipinski definition) is 3. The Kier molecular flexibility index (Phi) is 3.36. The lowest BCUT2D eigenvalue weighted by Gasteiger charge is -2.16. The molecule has 5 nitrogen and oxygen atoms in total. The second kappa shape index (κ2) is 4.77. The molecule has 0 aliphatic heterocycles. The van der Waals surface area contributed by atoms with Gasteiger partial charge in [-0.25, -0.2) is 4.99 Å². The molecule has 1 aromatic heterocycles. The van der Waals surface area contributed by atoms with Gasteiger partial charge >= 0.3 is 0 Å². The second-order valence-corrected chi connectivity index (χ2v) is 4.89. The van der Waals surface area contributed by atoms with Crippen LogP contribution in [0.2, 0.25) is 0 Å². The molecule has 0 amide bonds. The zero-order valence-corrected chi connectivity index (χ0v) is 10.7. The maximum atomic E-state index is 5.89. The fourth-order valence-corrected chi connectivity index (χ4v) is 1.59. The SMILES string of the molecule is CC(C)c1cc(CN=C(N)N(C)C2CC2)on1. The molecule has 0 bridgehead atoms. The van der Waals surface area contributed by atoms with E-state index in [9.17, 15) is 0 Å². The van der Waals surface area contributed by atoms with E-state index in [0.717, 1.165) is 11.5 Å². The van der Waals surface area contributed by atoms with E-state index in [1.54, 1.807) is 0 Å². The number of rotatable bonds is 4. The first-order valence-electron chi connectivity index (χ1n) is 6.06. The normalized spacial score (nSPS) is 16.6. The van der Waals surface area contributed by atoms with E-state index >= 15 is 0 Å². The first-order chi connectivity index (χ1) is 8.08. The Morgan fingerprint density at radius 3 is 2.88 bits per heavy atom. The highest BCUT2D eigenvalue weighted by Gasteiger charge is 2.27. The van der Waals surface area contributed by atoms with Gasteiger partial charge in [0.1, 0.15) is 6.54 Å². The number of nitrogens with two attached hydrogens (primary N) is 1. The van der Waals surface area contributed by atoms with Gasteiger partial charge in [0, 0.05) is 19.2 Å². The van der Waals surface area contributed by atoms with Crippen LogP contribution < -0.4 is 5.73 Å². The lowest BCUT2D eigenvalue weighted by Crippen LogP contribution is -2.35. The Hall–Kier alpha value is -1.52. The molecule has 17 heavy (non-hydrogen) atoms. The number of aliphatic imine (C=N–C) groups is 1. The van der Waals surface area contributed by atoms with E-state index in [2.05, 4.69) is 24.0 Å². The molecule has 1 saturated carbocycles. The smallest absolute Gasteiger partial charge is 0.191 e. The zero-order valence-electron chi connectivity index (χ0n) is 10.7. The molecule has 0 radical (unpaired) electrons. The van der Waals surface area contributed by atoms with Crippen molar-refractivity contribution in [2.45, 2.75) is 45.2 Å². The van der Waals surface area contributed by atoms with Crippen molar-refractivity contribution in [3.05, 3.63) is 17.5 Å². The number of hydrogen-bond donors (Lipinski definition) is 1. The van der Waals surface area contributed by atoms with Crippen molar-refractivity contribution >= 4 is 5.96 Å². The van der Waals surface area contributed by atoms with Crippen LogP contribution in [-0.4, -0.2) is 29.1 Å². The molecule has 1 fully saturated rings. The van der Waals surface area contributed by atoms with Crippen molar-refractivity contribution in [1.82, 2.24) is 10.1 Å². The van der Waals surface area contributed by atoms with Gasteiger partial charge in [-0.2, -0.15) is 0 Å². The first-order valence-corrected chi connectivity index (χ1v) is 6.06. The summed E-state index contributed by atoms with van der Waals surface area (Å²) in [7, 11) is 1.98. The van der Waals surface area contributed by atoms with Gasteiger partial charge in [0.25, 0.3) is 0 Å². The van der Waals surface area contributed by atoms with E-state index < -0.39 is 0 Å². The quantitative estimate of drug-likeness (QED) is 0.638. The Morgan fingerprint density at radius 2 is 2.35 bits per heavy atom. The molecule has 5 heteroatoms. The van der Waals surface area contributed by atoms with Crippen molar-refractivity contribution in [3.8, 4) is 0 Å². The van der Waals surface area contributed by atoms with Crippen molar-refractivity contribution in [1.29, 1.82) is 0 Å². The van der Waals surface area contributed by atoms with Gasteiger partial charge in [-0.1, -0.05) is 19.0 Å². The summed E-state index contributed by atoms with van der Waals surface area (Å²) in [4.78, 5) is 6.34. The van der Waals surface area contributed by atoms with Gasteiger partial charge in [-0.3, -0.25) is 0 Å². The molecule has 0 atom stereocenters. The van der Waals surface area contributed by atoms with Crippen LogP contribution >= 0.6 is 0 Å². The third-order valence-electron chi connectivity index (χ3n) is 3.02. The highest BCUT2D eigenvalue weighted by Crippen LogP contribution is 2.25. The van der Waals surface area contributed by atoms with Crippen LogP contribution in [0.1, 0.15) is 44.1 Å². The molecular formula is C12H20N4O. The summed E-state index contributed by atoms with van der Waals surface area (Å²) in [6.45, 7) is 4.63. The van der Waals surface area contributed by atoms with Gasteiger partial charge in [0.15, 0.2) is 11.7 Å². The standard InChI is InChI=1S/C12H20N4O/c1-8(2)11-6-10(17-15-11)7-14-12(13)16(3)9-4-5-9/h6,8-9H,4-5,7H2,1-3H3,(H2,13,14). The molecule has 1 aliphatic carbocycles. The fourth-order valence-electron chi connectivity index (χ4n) is 1.59. The summed E-state index contributed by atoms with van der Waals surface area (Å²) < 4.78 is 5.20. The highest BCUT2D eigenvalue weighted by atomic mass is 16.5. The molecule has 0 aromatic carbocycles. The Balaban J connectivity index is 1.93. The molecule has 1 aromatic rings. The minimum atomic E-state index is 0.378. The number of aromatic nitrogens is 1. The van der Waals surface area contributed by atoms with Crippen LogP contribution in [0.15, 0.2) is 15.6 Å². The van der Waals surface area contributed by atoms with Crippen LogP contribution in [0, 0.1) is 0 Å². The van der Waals surface area contributed by atoms with Crippen molar-refractivity contribution in [2.24, 2.45) is 10.7 Å². The molecule has 1 heterocycles. The zero-order chi connectivity index (χ0) is 12.4. The Morgan fingerprint density at radius 1 is 1.65 bits per heavy atom. The van der Waals surface area contributed by atoms with Gasteiger partial charge in [-0.05, 0) is 18.8 Å². The van der Waals surface area contributed by atoms with Crippen molar-refractivity contribution < 1.29 is 4.52 Å². The van der Waals surface area contributed by atoms with Gasteiger partial charge in [0.05, 0.1) is 5.69 Å². The average Bonchev–Trinajstić information content (AvgIpc) is 3.03. The predicted molar refractivity (Wildman–Crippen MR) is 66.7 cm³/mol. The molecular weight excluding hydrogens is 216 g/mol. The lowest BCUT2D eigenvalue weighted by molar-refractivity contribution is 0.375. The Labute approximate surface area is 102 Å². The molecule has 2 N–H and O–H groups in total. The monoisotopic (exact) mass is 236 g/mol. The molecule has 94 valence electrons.